The van der Waals surface area contributed by atoms with Crippen LogP contribution >= 0.6 is 0 Å². The number of benzene rings is 1. The Morgan fingerprint density at radius 2 is 2.00 bits per heavy atom. The molecule has 0 radical (unpaired) electrons. The van der Waals surface area contributed by atoms with Gasteiger partial charge in [0.1, 0.15) is 5.82 Å². The zero-order valence-corrected chi connectivity index (χ0v) is 13.0. The largest absolute Gasteiger partial charge is 0.311 e. The Labute approximate surface area is 122 Å². The highest BCUT2D eigenvalue weighted by atomic mass is 19.1. The van der Waals surface area contributed by atoms with Gasteiger partial charge in [-0.1, -0.05) is 24.6 Å². The first kappa shape index (κ1) is 15.5. The number of rotatable bonds is 4. The predicted molar refractivity (Wildman–Crippen MR) is 82.2 cm³/mol. The first-order valence-corrected chi connectivity index (χ1v) is 7.68. The fourth-order valence-corrected chi connectivity index (χ4v) is 2.77. The Kier molecular flexibility index (Phi) is 5.17. The standard InChI is InChI=1S/C17H27FN2/c1-17(2,3)19-12-15-9-6-7-11-20(15)13-14-8-4-5-10-16(14)18/h4-5,8,10,15,19H,6-7,9,11-13H2,1-3H3. The van der Waals surface area contributed by atoms with Crippen molar-refractivity contribution in [2.45, 2.75) is 58.2 Å². The molecule has 0 amide bonds. The van der Waals surface area contributed by atoms with Gasteiger partial charge in [0.05, 0.1) is 0 Å². The molecule has 1 aliphatic heterocycles. The Balaban J connectivity index is 1.98. The zero-order valence-electron chi connectivity index (χ0n) is 13.0. The summed E-state index contributed by atoms with van der Waals surface area (Å²) in [5.74, 6) is -0.0828. The minimum Gasteiger partial charge on any atom is -0.311 e. The smallest absolute Gasteiger partial charge is 0.127 e. The van der Waals surface area contributed by atoms with Crippen LogP contribution in [-0.2, 0) is 6.54 Å². The number of nitrogens with one attached hydrogen (secondary N) is 1. The van der Waals surface area contributed by atoms with Gasteiger partial charge in [-0.3, -0.25) is 4.90 Å². The van der Waals surface area contributed by atoms with Crippen molar-refractivity contribution in [2.24, 2.45) is 0 Å². The number of hydrogen-bond acceptors (Lipinski definition) is 2. The van der Waals surface area contributed by atoms with Crippen LogP contribution in [0.3, 0.4) is 0 Å². The van der Waals surface area contributed by atoms with Crippen LogP contribution in [0.2, 0.25) is 0 Å². The van der Waals surface area contributed by atoms with Gasteiger partial charge in [0.25, 0.3) is 0 Å². The fraction of sp³-hybridized carbons (Fsp3) is 0.647. The van der Waals surface area contributed by atoms with Crippen molar-refractivity contribution in [3.05, 3.63) is 35.6 Å². The van der Waals surface area contributed by atoms with E-state index in [0.717, 1.165) is 25.2 Å². The summed E-state index contributed by atoms with van der Waals surface area (Å²) in [4.78, 5) is 2.43. The van der Waals surface area contributed by atoms with E-state index in [4.69, 9.17) is 0 Å². The van der Waals surface area contributed by atoms with E-state index in [1.54, 1.807) is 12.1 Å². The number of hydrogen-bond donors (Lipinski definition) is 1. The average Bonchev–Trinajstić information content (AvgIpc) is 2.39. The van der Waals surface area contributed by atoms with Crippen molar-refractivity contribution in [1.29, 1.82) is 0 Å². The molecule has 2 nitrogen and oxygen atoms in total. The van der Waals surface area contributed by atoms with Crippen LogP contribution in [0.1, 0.15) is 45.6 Å². The van der Waals surface area contributed by atoms with Crippen molar-refractivity contribution < 1.29 is 4.39 Å². The quantitative estimate of drug-likeness (QED) is 0.906. The van der Waals surface area contributed by atoms with Gasteiger partial charge in [0.15, 0.2) is 0 Å². The molecule has 1 N–H and O–H groups in total. The third-order valence-electron chi connectivity index (χ3n) is 3.95. The Bertz CT molecular complexity index is 425. The van der Waals surface area contributed by atoms with Crippen LogP contribution in [-0.4, -0.2) is 29.6 Å². The van der Waals surface area contributed by atoms with Gasteiger partial charge in [0.2, 0.25) is 0 Å². The van der Waals surface area contributed by atoms with Gasteiger partial charge in [-0.25, -0.2) is 4.39 Å². The van der Waals surface area contributed by atoms with Crippen LogP contribution in [0.25, 0.3) is 0 Å². The van der Waals surface area contributed by atoms with E-state index in [2.05, 4.69) is 31.0 Å². The minimum atomic E-state index is -0.0828. The second-order valence-corrected chi connectivity index (χ2v) is 6.84. The number of nitrogens with zero attached hydrogens (tertiary/aromatic N) is 1. The normalized spacial score (nSPS) is 21.1. The van der Waals surface area contributed by atoms with Crippen LogP contribution in [0.5, 0.6) is 0 Å². The van der Waals surface area contributed by atoms with E-state index in [9.17, 15) is 4.39 Å². The summed E-state index contributed by atoms with van der Waals surface area (Å²) in [5.41, 5.74) is 0.955. The molecule has 0 bridgehead atoms. The SMILES string of the molecule is CC(C)(C)NCC1CCCCN1Cc1ccccc1F. The molecule has 0 saturated carbocycles. The minimum absolute atomic E-state index is 0.0828. The molecule has 3 heteroatoms. The summed E-state index contributed by atoms with van der Waals surface area (Å²) in [6.45, 7) is 9.36. The van der Waals surface area contributed by atoms with E-state index >= 15 is 0 Å². The van der Waals surface area contributed by atoms with Crippen LogP contribution < -0.4 is 5.32 Å². The lowest BCUT2D eigenvalue weighted by Gasteiger charge is -2.37. The molecule has 0 aromatic heterocycles. The summed E-state index contributed by atoms with van der Waals surface area (Å²) < 4.78 is 13.8. The summed E-state index contributed by atoms with van der Waals surface area (Å²) in [5, 5.41) is 3.59. The third kappa shape index (κ3) is 4.57. The lowest BCUT2D eigenvalue weighted by atomic mass is 9.99. The molecule has 1 aromatic carbocycles. The van der Waals surface area contributed by atoms with Crippen molar-refractivity contribution in [2.75, 3.05) is 13.1 Å². The highest BCUT2D eigenvalue weighted by Crippen LogP contribution is 2.21. The second-order valence-electron chi connectivity index (χ2n) is 6.84. The third-order valence-corrected chi connectivity index (χ3v) is 3.95. The molecule has 1 aliphatic rings. The summed E-state index contributed by atoms with van der Waals surface area (Å²) in [6, 6.07) is 7.65. The monoisotopic (exact) mass is 278 g/mol. The van der Waals surface area contributed by atoms with Crippen molar-refractivity contribution in [3.63, 3.8) is 0 Å². The van der Waals surface area contributed by atoms with Crippen molar-refractivity contribution >= 4 is 0 Å². The Hall–Kier alpha value is -0.930. The molecule has 1 atom stereocenters. The second kappa shape index (κ2) is 6.68. The van der Waals surface area contributed by atoms with Crippen LogP contribution in [0, 0.1) is 5.82 Å². The number of likely N-dealkylation sites (tertiary alicyclic amines) is 1. The zero-order chi connectivity index (χ0) is 14.6. The molecule has 1 heterocycles. The Morgan fingerprint density at radius 1 is 1.25 bits per heavy atom. The first-order valence-electron chi connectivity index (χ1n) is 7.68. The summed E-state index contributed by atoms with van der Waals surface area (Å²) >= 11 is 0. The molecule has 0 aliphatic carbocycles. The molecule has 0 spiro atoms. The molecule has 20 heavy (non-hydrogen) atoms. The van der Waals surface area contributed by atoms with E-state index < -0.39 is 0 Å². The average molecular weight is 278 g/mol. The first-order chi connectivity index (χ1) is 9.46. The molecule has 1 saturated heterocycles. The fourth-order valence-electron chi connectivity index (χ4n) is 2.77. The van der Waals surface area contributed by atoms with E-state index in [0.29, 0.717) is 6.04 Å². The van der Waals surface area contributed by atoms with E-state index in [1.807, 2.05) is 12.1 Å². The summed E-state index contributed by atoms with van der Waals surface area (Å²) in [6.07, 6.45) is 3.71. The number of piperidine rings is 1. The highest BCUT2D eigenvalue weighted by Gasteiger charge is 2.24. The topological polar surface area (TPSA) is 15.3 Å². The van der Waals surface area contributed by atoms with Gasteiger partial charge in [-0.05, 0) is 46.2 Å². The lowest BCUT2D eigenvalue weighted by molar-refractivity contribution is 0.129. The van der Waals surface area contributed by atoms with Gasteiger partial charge < -0.3 is 5.32 Å². The van der Waals surface area contributed by atoms with Gasteiger partial charge in [-0.2, -0.15) is 0 Å². The molecule has 1 fully saturated rings. The van der Waals surface area contributed by atoms with Gasteiger partial charge >= 0.3 is 0 Å². The molecular weight excluding hydrogens is 251 g/mol. The maximum atomic E-state index is 13.8. The maximum absolute atomic E-state index is 13.8. The number of halogens is 1. The maximum Gasteiger partial charge on any atom is 0.127 e. The summed E-state index contributed by atoms with van der Waals surface area (Å²) in [7, 11) is 0. The van der Waals surface area contributed by atoms with Gasteiger partial charge in [-0.15, -0.1) is 0 Å². The molecule has 1 unspecified atom stereocenters. The Morgan fingerprint density at radius 3 is 2.70 bits per heavy atom. The lowest BCUT2D eigenvalue weighted by Crippen LogP contribution is -2.49. The molecular formula is C17H27FN2. The predicted octanol–water partition coefficient (Wildman–Crippen LogP) is 3.57. The molecule has 112 valence electrons. The van der Waals surface area contributed by atoms with Gasteiger partial charge in [0, 0.05) is 30.2 Å². The van der Waals surface area contributed by atoms with Crippen molar-refractivity contribution in [3.8, 4) is 0 Å². The van der Waals surface area contributed by atoms with E-state index in [1.165, 1.54) is 19.3 Å². The van der Waals surface area contributed by atoms with E-state index in [-0.39, 0.29) is 11.4 Å². The highest BCUT2D eigenvalue weighted by molar-refractivity contribution is 5.17. The molecule has 2 rings (SSSR count). The van der Waals surface area contributed by atoms with Crippen molar-refractivity contribution in [1.82, 2.24) is 10.2 Å². The van der Waals surface area contributed by atoms with Crippen LogP contribution in [0.4, 0.5) is 4.39 Å². The van der Waals surface area contributed by atoms with Crippen LogP contribution in [0.15, 0.2) is 24.3 Å². The molecule has 1 aromatic rings.